The highest BCUT2D eigenvalue weighted by atomic mass is 19.1. The van der Waals surface area contributed by atoms with Crippen molar-refractivity contribution in [3.05, 3.63) is 59.0 Å². The predicted octanol–water partition coefficient (Wildman–Crippen LogP) is 2.09. The lowest BCUT2D eigenvalue weighted by Gasteiger charge is -2.10. The van der Waals surface area contributed by atoms with Gasteiger partial charge in [0.25, 0.3) is 5.91 Å². The summed E-state index contributed by atoms with van der Waals surface area (Å²) < 4.78 is 13.7. The number of rotatable bonds is 3. The highest BCUT2D eigenvalue weighted by molar-refractivity contribution is 6.12. The summed E-state index contributed by atoms with van der Waals surface area (Å²) in [5, 5.41) is 22.4. The zero-order valence-electron chi connectivity index (χ0n) is 12.6. The molecule has 7 heteroatoms. The van der Waals surface area contributed by atoms with Crippen molar-refractivity contribution in [3.63, 3.8) is 0 Å². The van der Waals surface area contributed by atoms with Crippen LogP contribution in [0.25, 0.3) is 10.9 Å². The number of benzene rings is 2. The first kappa shape index (κ1) is 14.8. The summed E-state index contributed by atoms with van der Waals surface area (Å²) in [6, 6.07) is 7.95. The summed E-state index contributed by atoms with van der Waals surface area (Å²) in [5.41, 5.74) is 3.38. The van der Waals surface area contributed by atoms with Gasteiger partial charge in [-0.2, -0.15) is 5.10 Å². The molecule has 1 aliphatic rings. The number of fused-ring (bicyclic) bond motifs is 2. The molecule has 0 unspecified atom stereocenters. The molecule has 4 N–H and O–H groups in total. The molecular formula is C17H15FN4O2. The minimum Gasteiger partial charge on any atom is -0.394 e. The van der Waals surface area contributed by atoms with Crippen LogP contribution in [0.5, 0.6) is 0 Å². The zero-order chi connectivity index (χ0) is 16.7. The molecule has 0 bridgehead atoms. The van der Waals surface area contributed by atoms with Crippen LogP contribution in [-0.4, -0.2) is 27.8 Å². The van der Waals surface area contributed by atoms with E-state index < -0.39 is 11.7 Å². The average molecular weight is 326 g/mol. The Kier molecular flexibility index (Phi) is 3.51. The number of H-pyrrole nitrogens is 1. The van der Waals surface area contributed by atoms with Crippen molar-refractivity contribution in [1.29, 1.82) is 0 Å². The van der Waals surface area contributed by atoms with E-state index in [2.05, 4.69) is 20.8 Å². The van der Waals surface area contributed by atoms with Crippen molar-refractivity contribution in [3.8, 4) is 0 Å². The summed E-state index contributed by atoms with van der Waals surface area (Å²) in [6.07, 6.45) is 1.50. The minimum absolute atomic E-state index is 0.0282. The first-order chi connectivity index (χ1) is 11.7. The van der Waals surface area contributed by atoms with Crippen molar-refractivity contribution in [2.24, 2.45) is 0 Å². The van der Waals surface area contributed by atoms with Crippen LogP contribution in [-0.2, 0) is 6.54 Å². The Morgan fingerprint density at radius 2 is 2.25 bits per heavy atom. The number of aliphatic hydroxyl groups is 1. The molecular weight excluding hydrogens is 311 g/mol. The van der Waals surface area contributed by atoms with Crippen molar-refractivity contribution >= 4 is 22.5 Å². The molecule has 1 amide bonds. The number of aromatic nitrogens is 2. The Morgan fingerprint density at radius 1 is 1.38 bits per heavy atom. The number of nitrogens with zero attached hydrogens (tertiary/aromatic N) is 1. The standard InChI is InChI=1S/C17H15FN4O2/c18-10-4-13(14-7-20-22-15(14)5-10)17(24)21-11-1-2-12-9(3-11)6-19-16(12)8-23/h1-5,7,16,19,23H,6,8H2,(H,20,22)(H,21,24)/t16-/m0/s1. The molecule has 2 aromatic carbocycles. The van der Waals surface area contributed by atoms with Crippen LogP contribution < -0.4 is 10.6 Å². The molecule has 0 aliphatic carbocycles. The number of hydrogen-bond acceptors (Lipinski definition) is 4. The van der Waals surface area contributed by atoms with Crippen LogP contribution in [0.2, 0.25) is 0 Å². The van der Waals surface area contributed by atoms with Gasteiger partial charge in [-0.1, -0.05) is 6.07 Å². The fourth-order valence-electron chi connectivity index (χ4n) is 3.08. The van der Waals surface area contributed by atoms with E-state index >= 15 is 0 Å². The van der Waals surface area contributed by atoms with Crippen molar-refractivity contribution < 1.29 is 14.3 Å². The van der Waals surface area contributed by atoms with E-state index in [-0.39, 0.29) is 18.2 Å². The van der Waals surface area contributed by atoms with Gasteiger partial charge in [-0.25, -0.2) is 4.39 Å². The van der Waals surface area contributed by atoms with Crippen LogP contribution in [0, 0.1) is 5.82 Å². The molecule has 4 rings (SSSR count). The van der Waals surface area contributed by atoms with Gasteiger partial charge < -0.3 is 15.7 Å². The predicted molar refractivity (Wildman–Crippen MR) is 87.1 cm³/mol. The Hall–Kier alpha value is -2.77. The third-order valence-corrected chi connectivity index (χ3v) is 4.27. The molecule has 122 valence electrons. The molecule has 1 aliphatic heterocycles. The molecule has 24 heavy (non-hydrogen) atoms. The topological polar surface area (TPSA) is 90.0 Å². The number of carbonyl (C=O) groups excluding carboxylic acids is 1. The summed E-state index contributed by atoms with van der Waals surface area (Å²) in [5.74, 6) is -0.897. The first-order valence-corrected chi connectivity index (χ1v) is 7.57. The van der Waals surface area contributed by atoms with Crippen LogP contribution in [0.1, 0.15) is 27.5 Å². The first-order valence-electron chi connectivity index (χ1n) is 7.57. The second-order valence-electron chi connectivity index (χ2n) is 5.77. The lowest BCUT2D eigenvalue weighted by atomic mass is 10.0. The van der Waals surface area contributed by atoms with Gasteiger partial charge in [0.1, 0.15) is 5.82 Å². The van der Waals surface area contributed by atoms with Crippen molar-refractivity contribution in [2.75, 3.05) is 11.9 Å². The smallest absolute Gasteiger partial charge is 0.256 e. The molecule has 0 spiro atoms. The van der Waals surface area contributed by atoms with Crippen LogP contribution in [0.3, 0.4) is 0 Å². The van der Waals surface area contributed by atoms with Crippen molar-refractivity contribution in [2.45, 2.75) is 12.6 Å². The normalized spacial score (nSPS) is 16.3. The van der Waals surface area contributed by atoms with Gasteiger partial charge in [-0.05, 0) is 35.4 Å². The third kappa shape index (κ3) is 2.44. The Morgan fingerprint density at radius 3 is 3.08 bits per heavy atom. The Balaban J connectivity index is 1.63. The number of amides is 1. The molecule has 1 atom stereocenters. The van der Waals surface area contributed by atoms with E-state index in [0.717, 1.165) is 11.1 Å². The van der Waals surface area contributed by atoms with Crippen LogP contribution in [0.4, 0.5) is 10.1 Å². The zero-order valence-corrected chi connectivity index (χ0v) is 12.6. The monoisotopic (exact) mass is 326 g/mol. The summed E-state index contributed by atoms with van der Waals surface area (Å²) in [7, 11) is 0. The molecule has 1 aromatic heterocycles. The number of aliphatic hydroxyl groups excluding tert-OH is 1. The fraction of sp³-hybridized carbons (Fsp3) is 0.176. The van der Waals surface area contributed by atoms with Gasteiger partial charge in [0.2, 0.25) is 0 Å². The number of halogens is 1. The SMILES string of the molecule is O=C(Nc1ccc2c(c1)CN[C@H]2CO)c1cc(F)cc2[nH]ncc12. The van der Waals surface area contributed by atoms with E-state index in [4.69, 9.17) is 0 Å². The van der Waals surface area contributed by atoms with E-state index in [9.17, 15) is 14.3 Å². The largest absolute Gasteiger partial charge is 0.394 e. The molecule has 0 saturated carbocycles. The summed E-state index contributed by atoms with van der Waals surface area (Å²) in [6.45, 7) is 0.663. The van der Waals surface area contributed by atoms with Gasteiger partial charge in [0.05, 0.1) is 29.9 Å². The summed E-state index contributed by atoms with van der Waals surface area (Å²) in [4.78, 5) is 12.5. The van der Waals surface area contributed by atoms with E-state index in [1.165, 1.54) is 18.3 Å². The second-order valence-corrected chi connectivity index (χ2v) is 5.77. The Labute approximate surface area is 136 Å². The highest BCUT2D eigenvalue weighted by Crippen LogP contribution is 2.28. The molecule has 0 fully saturated rings. The molecule has 0 saturated heterocycles. The Bertz CT molecular complexity index is 937. The van der Waals surface area contributed by atoms with Crippen molar-refractivity contribution in [1.82, 2.24) is 15.5 Å². The van der Waals surface area contributed by atoms with Gasteiger partial charge in [-0.15, -0.1) is 0 Å². The number of nitrogens with one attached hydrogen (secondary N) is 3. The third-order valence-electron chi connectivity index (χ3n) is 4.27. The minimum atomic E-state index is -0.499. The molecule has 0 radical (unpaired) electrons. The van der Waals surface area contributed by atoms with Gasteiger partial charge in [-0.3, -0.25) is 9.89 Å². The highest BCUT2D eigenvalue weighted by Gasteiger charge is 2.21. The van der Waals surface area contributed by atoms with E-state index in [1.807, 2.05) is 12.1 Å². The van der Waals surface area contributed by atoms with Crippen LogP contribution >= 0.6 is 0 Å². The van der Waals surface area contributed by atoms with Gasteiger partial charge in [0, 0.05) is 17.6 Å². The maximum absolute atomic E-state index is 13.7. The van der Waals surface area contributed by atoms with E-state index in [1.54, 1.807) is 6.07 Å². The number of aromatic amines is 1. The maximum atomic E-state index is 13.7. The van der Waals surface area contributed by atoms with Gasteiger partial charge >= 0.3 is 0 Å². The molecule has 2 heterocycles. The summed E-state index contributed by atoms with van der Waals surface area (Å²) >= 11 is 0. The van der Waals surface area contributed by atoms with Crippen LogP contribution in [0.15, 0.2) is 36.5 Å². The second kappa shape index (κ2) is 5.70. The fourth-order valence-corrected chi connectivity index (χ4v) is 3.08. The number of anilines is 1. The van der Waals surface area contributed by atoms with E-state index in [0.29, 0.717) is 23.1 Å². The lowest BCUT2D eigenvalue weighted by molar-refractivity contribution is 0.102. The molecule has 3 aromatic rings. The average Bonchev–Trinajstić information content (AvgIpc) is 3.19. The lowest BCUT2D eigenvalue weighted by Crippen LogP contribution is -2.15. The number of carbonyl (C=O) groups is 1. The maximum Gasteiger partial charge on any atom is 0.256 e. The quantitative estimate of drug-likeness (QED) is 0.593. The van der Waals surface area contributed by atoms with Gasteiger partial charge in [0.15, 0.2) is 0 Å². The molecule has 6 nitrogen and oxygen atoms in total. The number of hydrogen-bond donors (Lipinski definition) is 4.